The molecule has 4 rings (SSSR count). The summed E-state index contributed by atoms with van der Waals surface area (Å²) in [6, 6.07) is 1.93. The summed E-state index contributed by atoms with van der Waals surface area (Å²) >= 11 is 0. The van der Waals surface area contributed by atoms with Crippen LogP contribution < -0.4 is 4.74 Å². The molecule has 1 saturated heterocycles. The van der Waals surface area contributed by atoms with Gasteiger partial charge in [0, 0.05) is 48.4 Å². The Morgan fingerprint density at radius 2 is 2.22 bits per heavy atom. The normalized spacial score (nSPS) is 18.6. The van der Waals surface area contributed by atoms with Crippen LogP contribution in [-0.4, -0.2) is 51.6 Å². The largest absolute Gasteiger partial charge is 0.492 e. The van der Waals surface area contributed by atoms with Gasteiger partial charge in [-0.05, 0) is 26.1 Å². The van der Waals surface area contributed by atoms with E-state index < -0.39 is 0 Å². The molecule has 1 N–H and O–H groups in total. The molecule has 118 valence electrons. The molecule has 6 heteroatoms. The van der Waals surface area contributed by atoms with Crippen molar-refractivity contribution in [2.24, 2.45) is 5.92 Å². The summed E-state index contributed by atoms with van der Waals surface area (Å²) in [5.41, 5.74) is 2.80. The van der Waals surface area contributed by atoms with Crippen LogP contribution in [0.5, 0.6) is 5.75 Å². The number of rotatable bonds is 4. The van der Waals surface area contributed by atoms with Crippen LogP contribution in [0.25, 0.3) is 22.2 Å². The first-order valence-electron chi connectivity index (χ1n) is 7.84. The summed E-state index contributed by atoms with van der Waals surface area (Å²) in [4.78, 5) is 18.2. The van der Waals surface area contributed by atoms with E-state index in [1.807, 2.05) is 12.3 Å². The fraction of sp³-hybridized carbons (Fsp3) is 0.353. The van der Waals surface area contributed by atoms with E-state index in [1.54, 1.807) is 18.6 Å². The van der Waals surface area contributed by atoms with Gasteiger partial charge in [-0.25, -0.2) is 15.0 Å². The predicted octanol–water partition coefficient (Wildman–Crippen LogP) is 2.35. The fourth-order valence-corrected chi connectivity index (χ4v) is 3.18. The second-order valence-electron chi connectivity index (χ2n) is 6.09. The summed E-state index contributed by atoms with van der Waals surface area (Å²) in [5.74, 6) is 1.45. The quantitative estimate of drug-likeness (QED) is 0.801. The molecular weight excluding hydrogens is 290 g/mol. The van der Waals surface area contributed by atoms with Crippen molar-refractivity contribution in [1.82, 2.24) is 24.8 Å². The molecule has 4 heterocycles. The first-order valence-corrected chi connectivity index (χ1v) is 7.84. The standard InChI is InChI=1S/C17H19N5O/c1-22-5-3-12(9-22)10-23-15-2-4-20-17-16(15)14(8-21-17)13-6-18-11-19-7-13/h2,4,6-8,11-12H,3,5,9-10H2,1H3,(H,20,21)/t12-/m0/s1. The van der Waals surface area contributed by atoms with Gasteiger partial charge in [-0.15, -0.1) is 0 Å². The number of aromatic nitrogens is 4. The highest BCUT2D eigenvalue weighted by molar-refractivity contribution is 5.97. The number of H-pyrrole nitrogens is 1. The van der Waals surface area contributed by atoms with E-state index in [0.29, 0.717) is 5.92 Å². The van der Waals surface area contributed by atoms with E-state index in [4.69, 9.17) is 4.74 Å². The van der Waals surface area contributed by atoms with E-state index in [-0.39, 0.29) is 0 Å². The third-order valence-corrected chi connectivity index (χ3v) is 4.37. The van der Waals surface area contributed by atoms with E-state index in [9.17, 15) is 0 Å². The lowest BCUT2D eigenvalue weighted by Gasteiger charge is -2.13. The Morgan fingerprint density at radius 3 is 3.00 bits per heavy atom. The van der Waals surface area contributed by atoms with Gasteiger partial charge >= 0.3 is 0 Å². The van der Waals surface area contributed by atoms with Gasteiger partial charge in [0.25, 0.3) is 0 Å². The van der Waals surface area contributed by atoms with E-state index in [1.165, 1.54) is 12.7 Å². The number of nitrogens with zero attached hydrogens (tertiary/aromatic N) is 4. The zero-order valence-corrected chi connectivity index (χ0v) is 13.1. The van der Waals surface area contributed by atoms with Crippen molar-refractivity contribution in [1.29, 1.82) is 0 Å². The Bertz CT molecular complexity index is 801. The first kappa shape index (κ1) is 14.1. The average molecular weight is 309 g/mol. The highest BCUT2D eigenvalue weighted by Crippen LogP contribution is 2.34. The Labute approximate surface area is 134 Å². The lowest BCUT2D eigenvalue weighted by Crippen LogP contribution is -2.18. The maximum absolute atomic E-state index is 6.14. The molecule has 3 aromatic heterocycles. The Hall–Kier alpha value is -2.47. The molecule has 0 spiro atoms. The SMILES string of the molecule is CN1CC[C@H](COc2ccnc3[nH]cc(-c4cncnc4)c23)C1. The van der Waals surface area contributed by atoms with E-state index >= 15 is 0 Å². The Morgan fingerprint density at radius 1 is 1.35 bits per heavy atom. The van der Waals surface area contributed by atoms with Crippen LogP contribution in [0, 0.1) is 5.92 Å². The number of pyridine rings is 1. The molecule has 0 aliphatic carbocycles. The molecule has 6 nitrogen and oxygen atoms in total. The number of aromatic amines is 1. The molecular formula is C17H19N5O. The minimum atomic E-state index is 0.589. The first-order chi connectivity index (χ1) is 11.3. The third-order valence-electron chi connectivity index (χ3n) is 4.37. The van der Waals surface area contributed by atoms with Gasteiger partial charge in [0.15, 0.2) is 0 Å². The van der Waals surface area contributed by atoms with Crippen molar-refractivity contribution < 1.29 is 4.74 Å². The molecule has 0 radical (unpaired) electrons. The number of hydrogen-bond donors (Lipinski definition) is 1. The van der Waals surface area contributed by atoms with Crippen molar-refractivity contribution in [3.63, 3.8) is 0 Å². The van der Waals surface area contributed by atoms with Gasteiger partial charge in [-0.1, -0.05) is 0 Å². The molecule has 0 aromatic carbocycles. The van der Waals surface area contributed by atoms with Gasteiger partial charge in [0.2, 0.25) is 0 Å². The average Bonchev–Trinajstić information content (AvgIpc) is 3.20. The van der Waals surface area contributed by atoms with Crippen molar-refractivity contribution in [2.75, 3.05) is 26.7 Å². The molecule has 0 amide bonds. The summed E-state index contributed by atoms with van der Waals surface area (Å²) in [6.07, 6.45) is 10.0. The summed E-state index contributed by atoms with van der Waals surface area (Å²) in [7, 11) is 2.16. The predicted molar refractivity (Wildman–Crippen MR) is 88.2 cm³/mol. The lowest BCUT2D eigenvalue weighted by atomic mass is 10.1. The topological polar surface area (TPSA) is 66.9 Å². The third kappa shape index (κ3) is 2.77. The van der Waals surface area contributed by atoms with Crippen molar-refractivity contribution >= 4 is 11.0 Å². The minimum absolute atomic E-state index is 0.589. The van der Waals surface area contributed by atoms with Gasteiger partial charge in [-0.3, -0.25) is 0 Å². The minimum Gasteiger partial charge on any atom is -0.492 e. The fourth-order valence-electron chi connectivity index (χ4n) is 3.18. The molecule has 3 aromatic rings. The Balaban J connectivity index is 1.65. The molecule has 1 aliphatic rings. The van der Waals surface area contributed by atoms with E-state index in [0.717, 1.165) is 47.6 Å². The number of hydrogen-bond acceptors (Lipinski definition) is 5. The van der Waals surface area contributed by atoms with E-state index in [2.05, 4.69) is 31.9 Å². The van der Waals surface area contributed by atoms with Crippen LogP contribution in [0.4, 0.5) is 0 Å². The molecule has 0 bridgehead atoms. The number of fused-ring (bicyclic) bond motifs is 1. The highest BCUT2D eigenvalue weighted by Gasteiger charge is 2.21. The zero-order valence-electron chi connectivity index (χ0n) is 13.1. The molecule has 0 unspecified atom stereocenters. The number of likely N-dealkylation sites (tertiary alicyclic amines) is 1. The molecule has 23 heavy (non-hydrogen) atoms. The monoisotopic (exact) mass is 309 g/mol. The molecule has 1 aliphatic heterocycles. The van der Waals surface area contributed by atoms with Gasteiger partial charge < -0.3 is 14.6 Å². The second-order valence-corrected chi connectivity index (χ2v) is 6.09. The lowest BCUT2D eigenvalue weighted by molar-refractivity contribution is 0.251. The van der Waals surface area contributed by atoms with Gasteiger partial charge in [0.05, 0.1) is 12.0 Å². The van der Waals surface area contributed by atoms with Crippen LogP contribution in [0.1, 0.15) is 6.42 Å². The molecule has 0 saturated carbocycles. The maximum Gasteiger partial charge on any atom is 0.141 e. The zero-order chi connectivity index (χ0) is 15.6. The summed E-state index contributed by atoms with van der Waals surface area (Å²) in [5, 5.41) is 0.994. The van der Waals surface area contributed by atoms with Crippen LogP contribution in [0.15, 0.2) is 37.2 Å². The van der Waals surface area contributed by atoms with Crippen molar-refractivity contribution in [3.8, 4) is 16.9 Å². The smallest absolute Gasteiger partial charge is 0.141 e. The van der Waals surface area contributed by atoms with Gasteiger partial charge in [0.1, 0.15) is 17.7 Å². The highest BCUT2D eigenvalue weighted by atomic mass is 16.5. The summed E-state index contributed by atoms with van der Waals surface area (Å²) < 4.78 is 6.14. The number of ether oxygens (including phenoxy) is 1. The van der Waals surface area contributed by atoms with Crippen LogP contribution >= 0.6 is 0 Å². The van der Waals surface area contributed by atoms with Crippen LogP contribution in [0.3, 0.4) is 0 Å². The maximum atomic E-state index is 6.14. The van der Waals surface area contributed by atoms with Crippen LogP contribution in [-0.2, 0) is 0 Å². The second kappa shape index (κ2) is 5.96. The molecule has 1 atom stereocenters. The van der Waals surface area contributed by atoms with Crippen molar-refractivity contribution in [3.05, 3.63) is 37.2 Å². The van der Waals surface area contributed by atoms with Crippen molar-refractivity contribution in [2.45, 2.75) is 6.42 Å². The molecule has 1 fully saturated rings. The summed E-state index contributed by atoms with van der Waals surface area (Å²) in [6.45, 7) is 2.98. The Kier molecular flexibility index (Phi) is 3.67. The van der Waals surface area contributed by atoms with Crippen LogP contribution in [0.2, 0.25) is 0 Å². The number of nitrogens with one attached hydrogen (secondary N) is 1. The van der Waals surface area contributed by atoms with Gasteiger partial charge in [-0.2, -0.15) is 0 Å².